The van der Waals surface area contributed by atoms with E-state index < -0.39 is 0 Å². The zero-order valence-corrected chi connectivity index (χ0v) is 22.2. The number of amides is 3. The van der Waals surface area contributed by atoms with Crippen molar-refractivity contribution in [1.82, 2.24) is 9.47 Å². The van der Waals surface area contributed by atoms with E-state index in [-0.39, 0.29) is 36.9 Å². The van der Waals surface area contributed by atoms with Crippen LogP contribution in [0, 0.1) is 13.8 Å². The van der Waals surface area contributed by atoms with Crippen molar-refractivity contribution >= 4 is 51.5 Å². The Morgan fingerprint density at radius 2 is 1.77 bits per heavy atom. The van der Waals surface area contributed by atoms with Crippen LogP contribution in [0.5, 0.6) is 11.5 Å². The third kappa shape index (κ3) is 4.77. The van der Waals surface area contributed by atoms with E-state index >= 15 is 0 Å². The van der Waals surface area contributed by atoms with Crippen LogP contribution in [0.3, 0.4) is 0 Å². The first-order chi connectivity index (χ1) is 18.9. The number of aryl methyl sites for hydroxylation is 1. The molecule has 39 heavy (non-hydrogen) atoms. The summed E-state index contributed by atoms with van der Waals surface area (Å²) in [6.07, 6.45) is 1.77. The highest BCUT2D eigenvalue weighted by molar-refractivity contribution is 8.18. The van der Waals surface area contributed by atoms with Crippen LogP contribution in [-0.2, 0) is 22.7 Å². The molecule has 6 rings (SSSR count). The lowest BCUT2D eigenvalue weighted by molar-refractivity contribution is -0.123. The second-order valence-corrected chi connectivity index (χ2v) is 10.5. The molecule has 2 aliphatic heterocycles. The van der Waals surface area contributed by atoms with Crippen LogP contribution in [0.15, 0.2) is 71.6 Å². The molecule has 196 valence electrons. The summed E-state index contributed by atoms with van der Waals surface area (Å²) < 4.78 is 12.7. The van der Waals surface area contributed by atoms with Gasteiger partial charge in [-0.25, -0.2) is 0 Å². The van der Waals surface area contributed by atoms with E-state index in [4.69, 9.17) is 9.47 Å². The Labute approximate surface area is 229 Å². The van der Waals surface area contributed by atoms with Crippen molar-refractivity contribution in [2.75, 3.05) is 12.1 Å². The molecular formula is C30H25N3O5S. The molecule has 3 amide bonds. The number of aromatic nitrogens is 1. The largest absolute Gasteiger partial charge is 0.454 e. The minimum atomic E-state index is -0.317. The second-order valence-electron chi connectivity index (χ2n) is 9.47. The Morgan fingerprint density at radius 3 is 2.59 bits per heavy atom. The first kappa shape index (κ1) is 24.8. The highest BCUT2D eigenvalue weighted by Gasteiger charge is 2.35. The average Bonchev–Trinajstić information content (AvgIpc) is 3.57. The molecule has 0 atom stereocenters. The van der Waals surface area contributed by atoms with Gasteiger partial charge in [-0.15, -0.1) is 0 Å². The van der Waals surface area contributed by atoms with E-state index in [9.17, 15) is 14.4 Å². The van der Waals surface area contributed by atoms with Crippen molar-refractivity contribution in [3.05, 3.63) is 94.0 Å². The number of ether oxygens (including phenoxy) is 2. The molecule has 3 aromatic carbocycles. The number of nitrogens with one attached hydrogen (secondary N) is 1. The van der Waals surface area contributed by atoms with Gasteiger partial charge in [-0.3, -0.25) is 19.3 Å². The van der Waals surface area contributed by atoms with Crippen molar-refractivity contribution in [2.24, 2.45) is 0 Å². The number of imide groups is 1. The van der Waals surface area contributed by atoms with E-state index in [1.54, 1.807) is 24.3 Å². The minimum absolute atomic E-state index is 0.0729. The van der Waals surface area contributed by atoms with Crippen LogP contribution in [-0.4, -0.2) is 33.3 Å². The molecule has 1 aromatic heterocycles. The number of carbonyl (C=O) groups is 3. The highest BCUT2D eigenvalue weighted by atomic mass is 32.2. The Bertz CT molecular complexity index is 1670. The Morgan fingerprint density at radius 1 is 1.00 bits per heavy atom. The number of thioether (sulfide) groups is 1. The molecule has 2 aliphatic rings. The standard InChI is InChI=1S/C30H25N3O5S/c1-18-7-9-20(10-8-18)15-33-29(35)27(39-30(33)36)14-23-19(2)32(24-6-4-3-5-22(23)24)16-28(34)31-21-11-12-25-26(13-21)38-17-37-25/h3-14H,15-17H2,1-2H3,(H,31,34)/b27-14-. The predicted octanol–water partition coefficient (Wildman–Crippen LogP) is 5.86. The van der Waals surface area contributed by atoms with Crippen LogP contribution in [0.4, 0.5) is 10.5 Å². The molecular weight excluding hydrogens is 514 g/mol. The summed E-state index contributed by atoms with van der Waals surface area (Å²) in [6, 6.07) is 20.8. The van der Waals surface area contributed by atoms with Gasteiger partial charge in [0.25, 0.3) is 11.1 Å². The summed E-state index contributed by atoms with van der Waals surface area (Å²) in [5, 5.41) is 3.52. The zero-order valence-electron chi connectivity index (χ0n) is 21.4. The SMILES string of the molecule is Cc1ccc(CN2C(=O)S/C(=C\c3c(C)n(CC(=O)Nc4ccc5c(c4)OCO5)c4ccccc34)C2=O)cc1. The van der Waals surface area contributed by atoms with Gasteiger partial charge >= 0.3 is 0 Å². The number of hydrogen-bond acceptors (Lipinski definition) is 6. The summed E-state index contributed by atoms with van der Waals surface area (Å²) in [7, 11) is 0. The molecule has 3 heterocycles. The molecule has 1 fully saturated rings. The number of fused-ring (bicyclic) bond motifs is 2. The molecule has 0 radical (unpaired) electrons. The first-order valence-electron chi connectivity index (χ1n) is 12.5. The van der Waals surface area contributed by atoms with E-state index in [0.29, 0.717) is 22.1 Å². The van der Waals surface area contributed by atoms with Crippen LogP contribution >= 0.6 is 11.8 Å². The fourth-order valence-corrected chi connectivity index (χ4v) is 5.63. The fraction of sp³-hybridized carbons (Fsp3) is 0.167. The Balaban J connectivity index is 1.26. The number of carbonyl (C=O) groups excluding carboxylic acids is 3. The molecule has 4 aromatic rings. The summed E-state index contributed by atoms with van der Waals surface area (Å²) in [5.41, 5.74) is 5.11. The van der Waals surface area contributed by atoms with Crippen molar-refractivity contribution in [3.8, 4) is 11.5 Å². The average molecular weight is 540 g/mol. The van der Waals surface area contributed by atoms with Gasteiger partial charge in [-0.2, -0.15) is 0 Å². The quantitative estimate of drug-likeness (QED) is 0.309. The summed E-state index contributed by atoms with van der Waals surface area (Å²) >= 11 is 0.939. The summed E-state index contributed by atoms with van der Waals surface area (Å²) in [4.78, 5) is 40.7. The van der Waals surface area contributed by atoms with Crippen LogP contribution in [0.25, 0.3) is 17.0 Å². The number of rotatable bonds is 6. The van der Waals surface area contributed by atoms with Crippen molar-refractivity contribution in [1.29, 1.82) is 0 Å². The van der Waals surface area contributed by atoms with E-state index in [2.05, 4.69) is 5.32 Å². The van der Waals surface area contributed by atoms with Crippen LogP contribution in [0.2, 0.25) is 0 Å². The van der Waals surface area contributed by atoms with Gasteiger partial charge in [-0.1, -0.05) is 48.0 Å². The molecule has 9 heteroatoms. The van der Waals surface area contributed by atoms with Gasteiger partial charge in [0.1, 0.15) is 6.54 Å². The van der Waals surface area contributed by atoms with Crippen molar-refractivity contribution in [3.63, 3.8) is 0 Å². The highest BCUT2D eigenvalue weighted by Crippen LogP contribution is 2.37. The van der Waals surface area contributed by atoms with Crippen LogP contribution < -0.4 is 14.8 Å². The third-order valence-corrected chi connectivity index (χ3v) is 7.76. The van der Waals surface area contributed by atoms with Crippen molar-refractivity contribution < 1.29 is 23.9 Å². The van der Waals surface area contributed by atoms with Crippen molar-refractivity contribution in [2.45, 2.75) is 26.9 Å². The lowest BCUT2D eigenvalue weighted by Gasteiger charge is -2.12. The first-order valence-corrected chi connectivity index (χ1v) is 13.3. The maximum absolute atomic E-state index is 13.2. The molecule has 0 spiro atoms. The van der Waals surface area contributed by atoms with E-state index in [1.807, 2.05) is 66.9 Å². The van der Waals surface area contributed by atoms with Gasteiger partial charge in [-0.05, 0) is 55.4 Å². The van der Waals surface area contributed by atoms with Gasteiger partial charge in [0.05, 0.1) is 11.4 Å². The number of hydrogen-bond donors (Lipinski definition) is 1. The molecule has 8 nitrogen and oxygen atoms in total. The smallest absolute Gasteiger partial charge is 0.293 e. The molecule has 0 saturated carbocycles. The Kier molecular flexibility index (Phi) is 6.36. The monoisotopic (exact) mass is 539 g/mol. The molecule has 1 N–H and O–H groups in total. The maximum Gasteiger partial charge on any atom is 0.293 e. The van der Waals surface area contributed by atoms with E-state index in [0.717, 1.165) is 45.0 Å². The number of anilines is 1. The Hall–Kier alpha value is -4.50. The molecule has 1 saturated heterocycles. The fourth-order valence-electron chi connectivity index (χ4n) is 4.81. The lowest BCUT2D eigenvalue weighted by atomic mass is 10.1. The molecule has 0 unspecified atom stereocenters. The number of benzene rings is 3. The summed E-state index contributed by atoms with van der Waals surface area (Å²) in [5.74, 6) is 0.715. The molecule has 0 aliphatic carbocycles. The predicted molar refractivity (Wildman–Crippen MR) is 151 cm³/mol. The minimum Gasteiger partial charge on any atom is -0.454 e. The zero-order chi connectivity index (χ0) is 27.1. The van der Waals surface area contributed by atoms with Gasteiger partial charge < -0.3 is 19.4 Å². The topological polar surface area (TPSA) is 89.9 Å². The number of para-hydroxylation sites is 1. The van der Waals surface area contributed by atoms with E-state index in [1.165, 1.54) is 4.90 Å². The normalized spacial score (nSPS) is 15.5. The van der Waals surface area contributed by atoms with Crippen LogP contribution in [0.1, 0.15) is 22.4 Å². The van der Waals surface area contributed by atoms with Gasteiger partial charge in [0.2, 0.25) is 12.7 Å². The lowest BCUT2D eigenvalue weighted by Crippen LogP contribution is -2.27. The summed E-state index contributed by atoms with van der Waals surface area (Å²) in [6.45, 7) is 4.37. The third-order valence-electron chi connectivity index (χ3n) is 6.85. The van der Waals surface area contributed by atoms with Gasteiger partial charge in [0, 0.05) is 33.9 Å². The second kappa shape index (κ2) is 9.99. The maximum atomic E-state index is 13.2. The molecule has 0 bridgehead atoms. The number of nitrogens with zero attached hydrogens (tertiary/aromatic N) is 2. The van der Waals surface area contributed by atoms with Gasteiger partial charge in [0.15, 0.2) is 11.5 Å².